The number of Topliss-reactive ketones (excluding diaryl/α,β-unsaturated/α-hetero) is 1. The number of aromatic nitrogens is 3. The minimum absolute atomic E-state index is 0.124. The summed E-state index contributed by atoms with van der Waals surface area (Å²) in [6, 6.07) is 20.7. The average molecular weight is 490 g/mol. The Morgan fingerprint density at radius 2 is 1.54 bits per heavy atom. The van der Waals surface area contributed by atoms with Gasteiger partial charge in [0.15, 0.2) is 6.61 Å². The van der Waals surface area contributed by atoms with Crippen LogP contribution in [-0.2, 0) is 16.6 Å². The molecule has 7 nitrogen and oxygen atoms in total. The van der Waals surface area contributed by atoms with Crippen LogP contribution in [0.1, 0.15) is 27.4 Å². The quantitative estimate of drug-likeness (QED) is 0.208. The Hall–Kier alpha value is -3.78. The van der Waals surface area contributed by atoms with Gasteiger partial charge in [-0.15, -0.1) is 11.8 Å². The number of esters is 1. The number of para-hydroxylation sites is 1. The van der Waals surface area contributed by atoms with E-state index in [1.165, 1.54) is 11.8 Å². The number of nitrogens with zero attached hydrogens (tertiary/aromatic N) is 3. The first-order valence-corrected chi connectivity index (χ1v) is 12.2. The molecule has 0 N–H and O–H groups in total. The van der Waals surface area contributed by atoms with Crippen LogP contribution in [0.3, 0.4) is 0 Å². The van der Waals surface area contributed by atoms with E-state index in [-0.39, 0.29) is 23.7 Å². The monoisotopic (exact) mass is 489 g/mol. The van der Waals surface area contributed by atoms with E-state index in [9.17, 15) is 14.4 Å². The van der Waals surface area contributed by atoms with Crippen molar-refractivity contribution in [2.24, 2.45) is 7.05 Å². The third kappa shape index (κ3) is 4.88. The van der Waals surface area contributed by atoms with Crippen molar-refractivity contribution in [3.8, 4) is 11.4 Å². The largest absolute Gasteiger partial charge is 0.457 e. The molecule has 0 fully saturated rings. The van der Waals surface area contributed by atoms with Crippen molar-refractivity contribution >= 4 is 23.5 Å². The maximum atomic E-state index is 13.5. The molecule has 4 aromatic rings. The van der Waals surface area contributed by atoms with Crippen LogP contribution in [0.4, 0.5) is 0 Å². The van der Waals surface area contributed by atoms with Crippen LogP contribution in [0, 0.1) is 20.8 Å². The van der Waals surface area contributed by atoms with E-state index in [1.807, 2.05) is 81.6 Å². The summed E-state index contributed by atoms with van der Waals surface area (Å²) < 4.78 is 10.4. The SMILES string of the molecule is Cc1cc(C(=O)COC(=O)CSc2ccccc2)c(C)n1-c1c(C)n(C)n(-c2ccccc2)c1=O. The summed E-state index contributed by atoms with van der Waals surface area (Å²) in [5.74, 6) is -0.636. The fourth-order valence-corrected chi connectivity index (χ4v) is 4.84. The first-order valence-electron chi connectivity index (χ1n) is 11.2. The number of hydrogen-bond acceptors (Lipinski definition) is 5. The highest BCUT2D eigenvalue weighted by molar-refractivity contribution is 8.00. The topological polar surface area (TPSA) is 75.2 Å². The predicted octanol–water partition coefficient (Wildman–Crippen LogP) is 4.41. The van der Waals surface area contributed by atoms with Crippen molar-refractivity contribution in [3.63, 3.8) is 0 Å². The van der Waals surface area contributed by atoms with Crippen LogP contribution in [0.5, 0.6) is 0 Å². The molecule has 0 saturated heterocycles. The first-order chi connectivity index (χ1) is 16.8. The minimum Gasteiger partial charge on any atom is -0.457 e. The smallest absolute Gasteiger partial charge is 0.316 e. The molecule has 0 bridgehead atoms. The summed E-state index contributed by atoms with van der Waals surface area (Å²) in [5, 5.41) is 0. The van der Waals surface area contributed by atoms with Crippen LogP contribution in [-0.4, -0.2) is 38.0 Å². The lowest BCUT2D eigenvalue weighted by atomic mass is 10.1. The fourth-order valence-electron chi connectivity index (χ4n) is 4.13. The van der Waals surface area contributed by atoms with E-state index >= 15 is 0 Å². The van der Waals surface area contributed by atoms with E-state index in [2.05, 4.69) is 0 Å². The van der Waals surface area contributed by atoms with Gasteiger partial charge in [-0.25, -0.2) is 4.68 Å². The van der Waals surface area contributed by atoms with E-state index < -0.39 is 5.97 Å². The van der Waals surface area contributed by atoms with Crippen LogP contribution >= 0.6 is 11.8 Å². The lowest BCUT2D eigenvalue weighted by Crippen LogP contribution is -2.22. The van der Waals surface area contributed by atoms with Crippen LogP contribution in [0.25, 0.3) is 11.4 Å². The molecule has 8 heteroatoms. The van der Waals surface area contributed by atoms with Crippen LogP contribution in [0.2, 0.25) is 0 Å². The normalized spacial score (nSPS) is 11.0. The van der Waals surface area contributed by atoms with Gasteiger partial charge in [-0.1, -0.05) is 36.4 Å². The van der Waals surface area contributed by atoms with Gasteiger partial charge in [0.25, 0.3) is 5.56 Å². The van der Waals surface area contributed by atoms with Crippen molar-refractivity contribution in [2.45, 2.75) is 25.7 Å². The van der Waals surface area contributed by atoms with Gasteiger partial charge in [-0.05, 0) is 51.1 Å². The zero-order valence-electron chi connectivity index (χ0n) is 20.1. The number of thioether (sulfide) groups is 1. The molecule has 0 saturated carbocycles. The van der Waals surface area contributed by atoms with Gasteiger partial charge in [-0.3, -0.25) is 19.1 Å². The fraction of sp³-hybridized carbons (Fsp3) is 0.222. The van der Waals surface area contributed by atoms with E-state index in [0.29, 0.717) is 16.9 Å². The highest BCUT2D eigenvalue weighted by Crippen LogP contribution is 2.23. The minimum atomic E-state index is -0.453. The van der Waals surface area contributed by atoms with E-state index in [1.54, 1.807) is 26.9 Å². The van der Waals surface area contributed by atoms with Gasteiger partial charge in [0, 0.05) is 28.9 Å². The number of carbonyl (C=O) groups excluding carboxylic acids is 2. The molecule has 0 amide bonds. The highest BCUT2D eigenvalue weighted by atomic mass is 32.2. The summed E-state index contributed by atoms with van der Waals surface area (Å²) in [6.07, 6.45) is 0. The highest BCUT2D eigenvalue weighted by Gasteiger charge is 2.24. The van der Waals surface area contributed by atoms with E-state index in [0.717, 1.165) is 22.0 Å². The average Bonchev–Trinajstić information content (AvgIpc) is 3.27. The van der Waals surface area contributed by atoms with Gasteiger partial charge in [-0.2, -0.15) is 0 Å². The zero-order chi connectivity index (χ0) is 25.1. The number of ether oxygens (including phenoxy) is 1. The molecule has 0 atom stereocenters. The van der Waals surface area contributed by atoms with Crippen molar-refractivity contribution in [3.05, 3.63) is 99.7 Å². The Bertz CT molecular complexity index is 1430. The predicted molar refractivity (Wildman–Crippen MR) is 137 cm³/mol. The number of rotatable bonds is 8. The Labute approximate surface area is 207 Å². The molecule has 2 aromatic heterocycles. The second-order valence-corrected chi connectivity index (χ2v) is 9.26. The van der Waals surface area contributed by atoms with Gasteiger partial charge < -0.3 is 9.30 Å². The van der Waals surface area contributed by atoms with Crippen LogP contribution in [0.15, 0.2) is 76.4 Å². The van der Waals surface area contributed by atoms with Crippen molar-refractivity contribution < 1.29 is 14.3 Å². The maximum Gasteiger partial charge on any atom is 0.316 e. The second kappa shape index (κ2) is 10.2. The third-order valence-electron chi connectivity index (χ3n) is 5.94. The van der Waals surface area contributed by atoms with Crippen LogP contribution < -0.4 is 5.56 Å². The lowest BCUT2D eigenvalue weighted by Gasteiger charge is -2.09. The zero-order valence-corrected chi connectivity index (χ0v) is 21.0. The molecule has 180 valence electrons. The first kappa shape index (κ1) is 24.3. The molecule has 0 spiro atoms. The maximum absolute atomic E-state index is 13.5. The van der Waals surface area contributed by atoms with Crippen molar-refractivity contribution in [1.82, 2.24) is 13.9 Å². The molecule has 0 radical (unpaired) electrons. The summed E-state index contributed by atoms with van der Waals surface area (Å²) in [5.41, 5.74) is 3.65. The van der Waals surface area contributed by atoms with Crippen molar-refractivity contribution in [2.75, 3.05) is 12.4 Å². The van der Waals surface area contributed by atoms with Gasteiger partial charge in [0.2, 0.25) is 5.78 Å². The number of hydrogen-bond donors (Lipinski definition) is 0. The molecule has 0 unspecified atom stereocenters. The number of aryl methyl sites for hydroxylation is 1. The Morgan fingerprint density at radius 1 is 0.914 bits per heavy atom. The third-order valence-corrected chi connectivity index (χ3v) is 6.93. The number of benzene rings is 2. The molecule has 2 heterocycles. The number of carbonyl (C=O) groups is 2. The molecule has 4 rings (SSSR count). The Morgan fingerprint density at radius 3 is 2.20 bits per heavy atom. The molecule has 0 aliphatic heterocycles. The molecule has 35 heavy (non-hydrogen) atoms. The van der Waals surface area contributed by atoms with Crippen molar-refractivity contribution in [1.29, 1.82) is 0 Å². The summed E-state index contributed by atoms with van der Waals surface area (Å²) >= 11 is 1.36. The standard InChI is InChI=1S/C27H27N3O4S/c1-18-15-23(24(31)16-34-25(32)17-35-22-13-9-6-10-14-22)19(2)29(18)26-20(3)28(4)30(27(26)33)21-11-7-5-8-12-21/h5-15H,16-17H2,1-4H3. The molecule has 0 aliphatic rings. The molecule has 2 aromatic carbocycles. The van der Waals surface area contributed by atoms with Gasteiger partial charge in [0.1, 0.15) is 5.69 Å². The molecular formula is C27H27N3O4S. The molecular weight excluding hydrogens is 462 g/mol. The van der Waals surface area contributed by atoms with Gasteiger partial charge >= 0.3 is 5.97 Å². The lowest BCUT2D eigenvalue weighted by molar-refractivity contribution is -0.139. The summed E-state index contributed by atoms with van der Waals surface area (Å²) in [7, 11) is 1.83. The summed E-state index contributed by atoms with van der Waals surface area (Å²) in [4.78, 5) is 39.5. The molecule has 0 aliphatic carbocycles. The van der Waals surface area contributed by atoms with Gasteiger partial charge in [0.05, 0.1) is 17.1 Å². The Balaban J connectivity index is 1.54. The number of ketones is 1. The Kier molecular flexibility index (Phi) is 7.12. The second-order valence-electron chi connectivity index (χ2n) is 8.22. The van der Waals surface area contributed by atoms with E-state index in [4.69, 9.17) is 4.74 Å². The summed E-state index contributed by atoms with van der Waals surface area (Å²) in [6.45, 7) is 5.18.